The van der Waals surface area contributed by atoms with Gasteiger partial charge in [-0.15, -0.1) is 0 Å². The Morgan fingerprint density at radius 3 is 2.50 bits per heavy atom. The highest BCUT2D eigenvalue weighted by atomic mass is 16.5. The quantitative estimate of drug-likeness (QED) is 0.557. The first kappa shape index (κ1) is 19.6. The number of benzene rings is 2. The molecule has 0 aromatic heterocycles. The first-order chi connectivity index (χ1) is 12.7. The largest absolute Gasteiger partial charge is 0.493 e. The SMILES string of the molecule is CCNC(=NCc1ccc(OCC)c(OC)c1)NC(C)c1ccccc1. The molecule has 0 radical (unpaired) electrons. The van der Waals surface area contributed by atoms with Crippen LogP contribution in [-0.4, -0.2) is 26.2 Å². The summed E-state index contributed by atoms with van der Waals surface area (Å²) in [4.78, 5) is 4.70. The predicted octanol–water partition coefficient (Wildman–Crippen LogP) is 3.91. The van der Waals surface area contributed by atoms with Gasteiger partial charge < -0.3 is 20.1 Å². The van der Waals surface area contributed by atoms with Gasteiger partial charge in [-0.2, -0.15) is 0 Å². The average molecular weight is 355 g/mol. The van der Waals surface area contributed by atoms with Gasteiger partial charge in [0, 0.05) is 6.54 Å². The maximum absolute atomic E-state index is 5.56. The summed E-state index contributed by atoms with van der Waals surface area (Å²) in [6, 6.07) is 16.4. The summed E-state index contributed by atoms with van der Waals surface area (Å²) in [7, 11) is 1.65. The molecule has 0 saturated heterocycles. The fourth-order valence-electron chi connectivity index (χ4n) is 2.61. The lowest BCUT2D eigenvalue weighted by atomic mass is 10.1. The van der Waals surface area contributed by atoms with Crippen molar-refractivity contribution in [3.8, 4) is 11.5 Å². The Morgan fingerprint density at radius 2 is 1.85 bits per heavy atom. The molecule has 2 aromatic carbocycles. The third-order valence-corrected chi connectivity index (χ3v) is 3.94. The van der Waals surface area contributed by atoms with E-state index in [1.807, 2.05) is 43.3 Å². The Balaban J connectivity index is 2.08. The number of ether oxygens (including phenoxy) is 2. The lowest BCUT2D eigenvalue weighted by Crippen LogP contribution is -2.38. The molecule has 0 spiro atoms. The molecule has 0 fully saturated rings. The molecule has 0 saturated carbocycles. The Morgan fingerprint density at radius 1 is 1.08 bits per heavy atom. The molecule has 5 heteroatoms. The van der Waals surface area contributed by atoms with E-state index in [0.717, 1.165) is 29.6 Å². The van der Waals surface area contributed by atoms with Crippen LogP contribution in [0.2, 0.25) is 0 Å². The number of methoxy groups -OCH3 is 1. The van der Waals surface area contributed by atoms with E-state index in [-0.39, 0.29) is 6.04 Å². The van der Waals surface area contributed by atoms with Crippen LogP contribution in [0, 0.1) is 0 Å². The van der Waals surface area contributed by atoms with Crippen molar-refractivity contribution in [3.05, 3.63) is 59.7 Å². The Bertz CT molecular complexity index is 702. The van der Waals surface area contributed by atoms with E-state index in [2.05, 4.69) is 36.6 Å². The zero-order valence-electron chi connectivity index (χ0n) is 16.1. The van der Waals surface area contributed by atoms with Crippen LogP contribution in [-0.2, 0) is 6.54 Å². The summed E-state index contributed by atoms with van der Waals surface area (Å²) in [5.74, 6) is 2.28. The molecule has 2 aromatic rings. The van der Waals surface area contributed by atoms with Crippen LogP contribution < -0.4 is 20.1 Å². The number of nitrogens with zero attached hydrogens (tertiary/aromatic N) is 1. The lowest BCUT2D eigenvalue weighted by molar-refractivity contribution is 0.310. The van der Waals surface area contributed by atoms with Crippen molar-refractivity contribution in [1.29, 1.82) is 0 Å². The van der Waals surface area contributed by atoms with Gasteiger partial charge in [-0.25, -0.2) is 4.99 Å². The average Bonchev–Trinajstić information content (AvgIpc) is 2.68. The van der Waals surface area contributed by atoms with Crippen molar-refractivity contribution in [2.24, 2.45) is 4.99 Å². The first-order valence-electron chi connectivity index (χ1n) is 9.07. The second-order valence-corrected chi connectivity index (χ2v) is 5.89. The summed E-state index contributed by atoms with van der Waals surface area (Å²) in [6.45, 7) is 8.12. The second-order valence-electron chi connectivity index (χ2n) is 5.89. The number of nitrogens with one attached hydrogen (secondary N) is 2. The van der Waals surface area contributed by atoms with E-state index < -0.39 is 0 Å². The topological polar surface area (TPSA) is 54.9 Å². The highest BCUT2D eigenvalue weighted by Crippen LogP contribution is 2.28. The van der Waals surface area contributed by atoms with E-state index in [1.54, 1.807) is 7.11 Å². The molecule has 0 aliphatic carbocycles. The van der Waals surface area contributed by atoms with Crippen LogP contribution in [0.5, 0.6) is 11.5 Å². The number of hydrogen-bond acceptors (Lipinski definition) is 3. The molecular formula is C21H29N3O2. The molecule has 0 bridgehead atoms. The molecule has 2 rings (SSSR count). The van der Waals surface area contributed by atoms with Gasteiger partial charge in [-0.1, -0.05) is 36.4 Å². The monoisotopic (exact) mass is 355 g/mol. The maximum atomic E-state index is 5.56. The van der Waals surface area contributed by atoms with Crippen molar-refractivity contribution in [2.75, 3.05) is 20.3 Å². The highest BCUT2D eigenvalue weighted by molar-refractivity contribution is 5.80. The fourth-order valence-corrected chi connectivity index (χ4v) is 2.61. The molecule has 26 heavy (non-hydrogen) atoms. The molecule has 0 aliphatic rings. The van der Waals surface area contributed by atoms with Gasteiger partial charge in [0.05, 0.1) is 26.3 Å². The van der Waals surface area contributed by atoms with Gasteiger partial charge in [0.2, 0.25) is 0 Å². The standard InChI is InChI=1S/C21H29N3O2/c1-5-22-21(24-16(3)18-10-8-7-9-11-18)23-15-17-12-13-19(26-6-2)20(14-17)25-4/h7-14,16H,5-6,15H2,1-4H3,(H2,22,23,24). The lowest BCUT2D eigenvalue weighted by Gasteiger charge is -2.18. The smallest absolute Gasteiger partial charge is 0.192 e. The number of rotatable bonds is 8. The number of aliphatic imine (C=N–C) groups is 1. The van der Waals surface area contributed by atoms with Crippen LogP contribution >= 0.6 is 0 Å². The van der Waals surface area contributed by atoms with Crippen molar-refractivity contribution in [2.45, 2.75) is 33.4 Å². The van der Waals surface area contributed by atoms with Crippen molar-refractivity contribution >= 4 is 5.96 Å². The fraction of sp³-hybridized carbons (Fsp3) is 0.381. The third kappa shape index (κ3) is 5.69. The molecule has 0 heterocycles. The zero-order chi connectivity index (χ0) is 18.8. The van der Waals surface area contributed by atoms with Gasteiger partial charge in [0.15, 0.2) is 17.5 Å². The predicted molar refractivity (Wildman–Crippen MR) is 107 cm³/mol. The summed E-state index contributed by atoms with van der Waals surface area (Å²) in [5, 5.41) is 6.74. The number of hydrogen-bond donors (Lipinski definition) is 2. The summed E-state index contributed by atoms with van der Waals surface area (Å²) >= 11 is 0. The molecule has 1 unspecified atom stereocenters. The second kappa shape index (κ2) is 10.3. The normalized spacial score (nSPS) is 12.4. The Kier molecular flexibility index (Phi) is 7.80. The minimum Gasteiger partial charge on any atom is -0.493 e. The van der Waals surface area contributed by atoms with Crippen LogP contribution in [0.3, 0.4) is 0 Å². The van der Waals surface area contributed by atoms with E-state index in [9.17, 15) is 0 Å². The van der Waals surface area contributed by atoms with Crippen molar-refractivity contribution < 1.29 is 9.47 Å². The molecular weight excluding hydrogens is 326 g/mol. The van der Waals surface area contributed by atoms with Gasteiger partial charge in [-0.05, 0) is 44.0 Å². The van der Waals surface area contributed by atoms with E-state index >= 15 is 0 Å². The summed E-state index contributed by atoms with van der Waals surface area (Å²) < 4.78 is 11.0. The van der Waals surface area contributed by atoms with E-state index in [0.29, 0.717) is 13.2 Å². The number of guanidine groups is 1. The maximum Gasteiger partial charge on any atom is 0.192 e. The van der Waals surface area contributed by atoms with Crippen LogP contribution in [0.1, 0.15) is 37.9 Å². The molecule has 0 amide bonds. The van der Waals surface area contributed by atoms with Gasteiger partial charge in [0.1, 0.15) is 0 Å². The van der Waals surface area contributed by atoms with Crippen LogP contribution in [0.25, 0.3) is 0 Å². The Labute approximate surface area is 156 Å². The third-order valence-electron chi connectivity index (χ3n) is 3.94. The molecule has 5 nitrogen and oxygen atoms in total. The molecule has 0 aliphatic heterocycles. The summed E-state index contributed by atoms with van der Waals surface area (Å²) in [6.07, 6.45) is 0. The van der Waals surface area contributed by atoms with Crippen LogP contribution in [0.4, 0.5) is 0 Å². The minimum absolute atomic E-state index is 0.170. The summed E-state index contributed by atoms with van der Waals surface area (Å²) in [5.41, 5.74) is 2.29. The highest BCUT2D eigenvalue weighted by Gasteiger charge is 2.08. The van der Waals surface area contributed by atoms with Crippen molar-refractivity contribution in [3.63, 3.8) is 0 Å². The first-order valence-corrected chi connectivity index (χ1v) is 9.07. The van der Waals surface area contributed by atoms with Crippen LogP contribution in [0.15, 0.2) is 53.5 Å². The Hall–Kier alpha value is -2.69. The van der Waals surface area contributed by atoms with Gasteiger partial charge in [0.25, 0.3) is 0 Å². The van der Waals surface area contributed by atoms with Gasteiger partial charge in [-0.3, -0.25) is 0 Å². The molecule has 2 N–H and O–H groups in total. The molecule has 1 atom stereocenters. The van der Waals surface area contributed by atoms with Gasteiger partial charge >= 0.3 is 0 Å². The van der Waals surface area contributed by atoms with E-state index in [1.165, 1.54) is 5.56 Å². The zero-order valence-corrected chi connectivity index (χ0v) is 16.1. The van der Waals surface area contributed by atoms with Crippen molar-refractivity contribution in [1.82, 2.24) is 10.6 Å². The van der Waals surface area contributed by atoms with E-state index in [4.69, 9.17) is 14.5 Å². The minimum atomic E-state index is 0.170. The molecule has 140 valence electrons.